The van der Waals surface area contributed by atoms with Gasteiger partial charge in [0.15, 0.2) is 0 Å². The first-order chi connectivity index (χ1) is 13.5. The summed E-state index contributed by atoms with van der Waals surface area (Å²) >= 11 is 0. The van der Waals surface area contributed by atoms with Crippen LogP contribution in [0.5, 0.6) is 11.5 Å². The van der Waals surface area contributed by atoms with Crippen LogP contribution in [0.1, 0.15) is 10.4 Å². The molecular weight excluding hydrogens is 366 g/mol. The number of amides is 1. The van der Waals surface area contributed by atoms with Crippen LogP contribution >= 0.6 is 0 Å². The van der Waals surface area contributed by atoms with Crippen LogP contribution < -0.4 is 19.7 Å². The molecule has 1 heterocycles. The fraction of sp³-hybridized carbons (Fsp3) is 0.316. The number of benzene rings is 2. The maximum atomic E-state index is 12.6. The largest absolute Gasteiger partial charge is 0.497 e. The zero-order valence-electron chi connectivity index (χ0n) is 15.6. The molecule has 1 fully saturated rings. The van der Waals surface area contributed by atoms with Crippen LogP contribution in [0.2, 0.25) is 0 Å². The molecule has 0 radical (unpaired) electrons. The molecule has 0 atom stereocenters. The Morgan fingerprint density at radius 1 is 1.11 bits per heavy atom. The van der Waals surface area contributed by atoms with E-state index in [-0.39, 0.29) is 5.69 Å². The molecule has 1 aliphatic heterocycles. The van der Waals surface area contributed by atoms with Crippen LogP contribution in [0.4, 0.5) is 17.1 Å². The van der Waals surface area contributed by atoms with E-state index in [0.717, 1.165) is 0 Å². The molecule has 0 spiro atoms. The Morgan fingerprint density at radius 2 is 1.75 bits per heavy atom. The van der Waals surface area contributed by atoms with E-state index in [9.17, 15) is 14.9 Å². The van der Waals surface area contributed by atoms with E-state index in [4.69, 9.17) is 14.2 Å². The minimum atomic E-state index is -0.449. The first-order valence-electron chi connectivity index (χ1n) is 8.67. The average Bonchev–Trinajstić information content (AvgIpc) is 2.73. The van der Waals surface area contributed by atoms with Crippen molar-refractivity contribution in [2.24, 2.45) is 0 Å². The molecule has 1 N–H and O–H groups in total. The third kappa shape index (κ3) is 4.32. The number of nitro benzene ring substituents is 1. The van der Waals surface area contributed by atoms with Gasteiger partial charge < -0.3 is 24.4 Å². The van der Waals surface area contributed by atoms with Gasteiger partial charge in [-0.05, 0) is 24.3 Å². The minimum absolute atomic E-state index is 0.0667. The summed E-state index contributed by atoms with van der Waals surface area (Å²) in [6.07, 6.45) is 0. The normalized spacial score (nSPS) is 13.7. The second kappa shape index (κ2) is 8.57. The third-order valence-corrected chi connectivity index (χ3v) is 4.40. The number of nitro groups is 1. The van der Waals surface area contributed by atoms with Gasteiger partial charge in [-0.3, -0.25) is 14.9 Å². The topological polar surface area (TPSA) is 103 Å². The molecule has 2 aromatic rings. The Morgan fingerprint density at radius 3 is 2.32 bits per heavy atom. The molecule has 3 rings (SSSR count). The predicted molar refractivity (Wildman–Crippen MR) is 104 cm³/mol. The smallest absolute Gasteiger partial charge is 0.294 e. The maximum Gasteiger partial charge on any atom is 0.294 e. The Hall–Kier alpha value is -3.33. The number of anilines is 2. The predicted octanol–water partition coefficient (Wildman–Crippen LogP) is 2.70. The van der Waals surface area contributed by atoms with E-state index in [1.54, 1.807) is 30.3 Å². The van der Waals surface area contributed by atoms with Crippen LogP contribution in [0.3, 0.4) is 0 Å². The Balaban J connectivity index is 1.85. The minimum Gasteiger partial charge on any atom is -0.497 e. The number of morpholine rings is 1. The average molecular weight is 387 g/mol. The third-order valence-electron chi connectivity index (χ3n) is 4.40. The summed E-state index contributed by atoms with van der Waals surface area (Å²) in [5.41, 5.74) is 1.09. The Labute approximate surface area is 162 Å². The van der Waals surface area contributed by atoms with Gasteiger partial charge in [0.2, 0.25) is 0 Å². The van der Waals surface area contributed by atoms with Crippen molar-refractivity contribution in [3.05, 3.63) is 52.1 Å². The zero-order chi connectivity index (χ0) is 20.1. The number of methoxy groups -OCH3 is 2. The fourth-order valence-electron chi connectivity index (χ4n) is 2.96. The highest BCUT2D eigenvalue weighted by Crippen LogP contribution is 2.32. The number of nitrogens with one attached hydrogen (secondary N) is 1. The van der Waals surface area contributed by atoms with Gasteiger partial charge in [-0.2, -0.15) is 0 Å². The molecule has 1 amide bonds. The highest BCUT2D eigenvalue weighted by molar-refractivity contribution is 6.05. The molecule has 9 heteroatoms. The van der Waals surface area contributed by atoms with Gasteiger partial charge in [0.25, 0.3) is 11.6 Å². The van der Waals surface area contributed by atoms with Crippen molar-refractivity contribution >= 4 is 23.0 Å². The molecule has 1 aliphatic rings. The summed E-state index contributed by atoms with van der Waals surface area (Å²) in [7, 11) is 2.98. The SMILES string of the molecule is COc1cc(OC)cc(C(=O)Nc2ccc(N3CCOCC3)c([N+](=O)[O-])c2)c1. The molecule has 2 aromatic carbocycles. The molecule has 0 unspecified atom stereocenters. The number of carbonyl (C=O) groups is 1. The summed E-state index contributed by atoms with van der Waals surface area (Å²) in [6.45, 7) is 2.20. The quantitative estimate of drug-likeness (QED) is 0.600. The van der Waals surface area contributed by atoms with Crippen molar-refractivity contribution in [3.8, 4) is 11.5 Å². The lowest BCUT2D eigenvalue weighted by molar-refractivity contribution is -0.384. The van der Waals surface area contributed by atoms with E-state index >= 15 is 0 Å². The monoisotopic (exact) mass is 387 g/mol. The van der Waals surface area contributed by atoms with Gasteiger partial charge in [0.05, 0.1) is 32.4 Å². The van der Waals surface area contributed by atoms with E-state index in [2.05, 4.69) is 5.32 Å². The molecule has 0 aromatic heterocycles. The van der Waals surface area contributed by atoms with Crippen LogP contribution in [0.15, 0.2) is 36.4 Å². The Bertz CT molecular complexity index is 858. The highest BCUT2D eigenvalue weighted by atomic mass is 16.6. The van der Waals surface area contributed by atoms with Crippen LogP contribution in [0.25, 0.3) is 0 Å². The lowest BCUT2D eigenvalue weighted by Crippen LogP contribution is -2.36. The summed E-state index contributed by atoms with van der Waals surface area (Å²) < 4.78 is 15.6. The van der Waals surface area contributed by atoms with Crippen molar-refractivity contribution in [1.82, 2.24) is 0 Å². The van der Waals surface area contributed by atoms with Crippen molar-refractivity contribution in [2.45, 2.75) is 0 Å². The summed E-state index contributed by atoms with van der Waals surface area (Å²) in [5, 5.41) is 14.2. The number of ether oxygens (including phenoxy) is 3. The van der Waals surface area contributed by atoms with Gasteiger partial charge >= 0.3 is 0 Å². The van der Waals surface area contributed by atoms with E-state index in [0.29, 0.717) is 54.7 Å². The van der Waals surface area contributed by atoms with E-state index < -0.39 is 10.8 Å². The van der Waals surface area contributed by atoms with Gasteiger partial charge in [0.1, 0.15) is 17.2 Å². The molecule has 9 nitrogen and oxygen atoms in total. The molecular formula is C19H21N3O6. The molecule has 28 heavy (non-hydrogen) atoms. The van der Waals surface area contributed by atoms with Crippen LogP contribution in [-0.2, 0) is 4.74 Å². The maximum absolute atomic E-state index is 12.6. The van der Waals surface area contributed by atoms with Crippen molar-refractivity contribution < 1.29 is 23.9 Å². The van der Waals surface area contributed by atoms with Gasteiger partial charge in [-0.15, -0.1) is 0 Å². The molecule has 0 saturated carbocycles. The van der Waals surface area contributed by atoms with Crippen molar-refractivity contribution in [1.29, 1.82) is 0 Å². The molecule has 1 saturated heterocycles. The number of hydrogen-bond acceptors (Lipinski definition) is 7. The van der Waals surface area contributed by atoms with Crippen LogP contribution in [0, 0.1) is 10.1 Å². The van der Waals surface area contributed by atoms with Crippen molar-refractivity contribution in [2.75, 3.05) is 50.7 Å². The number of hydrogen-bond donors (Lipinski definition) is 1. The van der Waals surface area contributed by atoms with Gasteiger partial charge in [0, 0.05) is 36.5 Å². The molecule has 148 valence electrons. The molecule has 0 aliphatic carbocycles. The zero-order valence-corrected chi connectivity index (χ0v) is 15.6. The summed E-state index contributed by atoms with van der Waals surface area (Å²) in [4.78, 5) is 25.6. The van der Waals surface area contributed by atoms with Crippen LogP contribution in [-0.4, -0.2) is 51.4 Å². The lowest BCUT2D eigenvalue weighted by atomic mass is 10.1. The number of nitrogens with zero attached hydrogens (tertiary/aromatic N) is 2. The van der Waals surface area contributed by atoms with E-state index in [1.807, 2.05) is 4.90 Å². The summed E-state index contributed by atoms with van der Waals surface area (Å²) in [5.74, 6) is 0.516. The van der Waals surface area contributed by atoms with Gasteiger partial charge in [-0.1, -0.05) is 0 Å². The standard InChI is InChI=1S/C19H21N3O6/c1-26-15-9-13(10-16(12-15)27-2)19(23)20-14-3-4-17(18(11-14)22(24)25)21-5-7-28-8-6-21/h3-4,9-12H,5-8H2,1-2H3,(H,20,23). The van der Waals surface area contributed by atoms with Crippen molar-refractivity contribution in [3.63, 3.8) is 0 Å². The highest BCUT2D eigenvalue weighted by Gasteiger charge is 2.22. The number of rotatable bonds is 6. The Kier molecular flexibility index (Phi) is 5.95. The lowest BCUT2D eigenvalue weighted by Gasteiger charge is -2.28. The molecule has 0 bridgehead atoms. The summed E-state index contributed by atoms with van der Waals surface area (Å²) in [6, 6.07) is 9.43. The first kappa shape index (κ1) is 19.4. The fourth-order valence-corrected chi connectivity index (χ4v) is 2.96. The second-order valence-electron chi connectivity index (χ2n) is 6.12. The first-order valence-corrected chi connectivity index (χ1v) is 8.67. The van der Waals surface area contributed by atoms with E-state index in [1.165, 1.54) is 20.3 Å². The van der Waals surface area contributed by atoms with Gasteiger partial charge in [-0.25, -0.2) is 0 Å². The second-order valence-corrected chi connectivity index (χ2v) is 6.12. The number of carbonyl (C=O) groups excluding carboxylic acids is 1.